The zero-order valence-corrected chi connectivity index (χ0v) is 15.9. The quantitative estimate of drug-likeness (QED) is 0.683. The van der Waals surface area contributed by atoms with E-state index in [0.29, 0.717) is 5.69 Å². The van der Waals surface area contributed by atoms with Crippen LogP contribution in [0.15, 0.2) is 53.9 Å². The monoisotopic (exact) mass is 380 g/mol. The molecule has 1 aromatic heterocycles. The zero-order valence-electron chi connectivity index (χ0n) is 15.1. The minimum Gasteiger partial charge on any atom is -0.349 e. The van der Waals surface area contributed by atoms with E-state index in [1.165, 1.54) is 18.5 Å². The first-order chi connectivity index (χ1) is 13.0. The molecule has 0 aliphatic carbocycles. The molecule has 1 atom stereocenters. The number of carbonyl (C=O) groups excluding carboxylic acids is 2. The van der Waals surface area contributed by atoms with Gasteiger partial charge in [0.25, 0.3) is 0 Å². The van der Waals surface area contributed by atoms with E-state index in [-0.39, 0.29) is 24.3 Å². The van der Waals surface area contributed by atoms with Crippen molar-refractivity contribution in [2.24, 2.45) is 0 Å². The molecule has 138 valence electrons. The SMILES string of the molecule is CC(=O)NC(CC(=O)Nc1ccc(-c2csnn2)cc1)c1ccc(C)cc1. The zero-order chi connectivity index (χ0) is 19.2. The van der Waals surface area contributed by atoms with Gasteiger partial charge in [-0.05, 0) is 36.2 Å². The maximum Gasteiger partial charge on any atom is 0.226 e. The lowest BCUT2D eigenvalue weighted by Crippen LogP contribution is -2.29. The van der Waals surface area contributed by atoms with Crippen LogP contribution in [0.5, 0.6) is 0 Å². The van der Waals surface area contributed by atoms with Crippen LogP contribution in [0.2, 0.25) is 0 Å². The van der Waals surface area contributed by atoms with Gasteiger partial charge in [0.1, 0.15) is 5.69 Å². The number of rotatable bonds is 6. The predicted octanol–water partition coefficient (Wildman–Crippen LogP) is 3.72. The Hall–Kier alpha value is -3.06. The molecule has 7 heteroatoms. The highest BCUT2D eigenvalue weighted by molar-refractivity contribution is 7.03. The number of benzene rings is 2. The van der Waals surface area contributed by atoms with Crippen molar-refractivity contribution in [3.8, 4) is 11.3 Å². The molecule has 1 unspecified atom stereocenters. The molecule has 0 spiro atoms. The first-order valence-electron chi connectivity index (χ1n) is 8.52. The maximum atomic E-state index is 12.5. The van der Waals surface area contributed by atoms with Crippen molar-refractivity contribution < 1.29 is 9.59 Å². The lowest BCUT2D eigenvalue weighted by Gasteiger charge is -2.18. The lowest BCUT2D eigenvalue weighted by molar-refractivity contribution is -0.120. The highest BCUT2D eigenvalue weighted by Crippen LogP contribution is 2.22. The van der Waals surface area contributed by atoms with E-state index in [4.69, 9.17) is 0 Å². The average Bonchev–Trinajstić information content (AvgIpc) is 3.17. The van der Waals surface area contributed by atoms with E-state index in [1.54, 1.807) is 0 Å². The van der Waals surface area contributed by atoms with Crippen molar-refractivity contribution in [3.63, 3.8) is 0 Å². The first kappa shape index (κ1) is 18.7. The van der Waals surface area contributed by atoms with Crippen LogP contribution in [0.25, 0.3) is 11.3 Å². The number of aryl methyl sites for hydroxylation is 1. The van der Waals surface area contributed by atoms with Gasteiger partial charge in [-0.2, -0.15) is 0 Å². The molecule has 0 bridgehead atoms. The van der Waals surface area contributed by atoms with E-state index >= 15 is 0 Å². The number of anilines is 1. The number of hydrogen-bond donors (Lipinski definition) is 2. The van der Waals surface area contributed by atoms with Gasteiger partial charge in [0.15, 0.2) is 0 Å². The molecular weight excluding hydrogens is 360 g/mol. The second kappa shape index (κ2) is 8.55. The summed E-state index contributed by atoms with van der Waals surface area (Å²) < 4.78 is 3.85. The third kappa shape index (κ3) is 5.21. The van der Waals surface area contributed by atoms with Gasteiger partial charge in [-0.1, -0.05) is 46.4 Å². The van der Waals surface area contributed by atoms with E-state index in [2.05, 4.69) is 20.2 Å². The van der Waals surface area contributed by atoms with Gasteiger partial charge in [0.2, 0.25) is 11.8 Å². The van der Waals surface area contributed by atoms with Gasteiger partial charge in [-0.15, -0.1) is 5.10 Å². The van der Waals surface area contributed by atoms with Gasteiger partial charge in [0.05, 0.1) is 12.5 Å². The van der Waals surface area contributed by atoms with Crippen LogP contribution in [-0.4, -0.2) is 21.4 Å². The summed E-state index contributed by atoms with van der Waals surface area (Å²) in [5, 5.41) is 11.6. The number of aromatic nitrogens is 2. The number of nitrogens with zero attached hydrogens (tertiary/aromatic N) is 2. The standard InChI is InChI=1S/C20H20N4O2S/c1-13-3-5-15(6-4-13)18(21-14(2)25)11-20(26)22-17-9-7-16(8-10-17)19-12-27-24-23-19/h3-10,12,18H,11H2,1-2H3,(H,21,25)(H,22,26). The van der Waals surface area contributed by atoms with E-state index < -0.39 is 0 Å². The molecule has 6 nitrogen and oxygen atoms in total. The maximum absolute atomic E-state index is 12.5. The highest BCUT2D eigenvalue weighted by Gasteiger charge is 2.17. The van der Waals surface area contributed by atoms with Gasteiger partial charge < -0.3 is 10.6 Å². The molecule has 2 amide bonds. The van der Waals surface area contributed by atoms with E-state index in [1.807, 2.05) is 60.8 Å². The Morgan fingerprint density at radius 1 is 1.07 bits per heavy atom. The number of carbonyl (C=O) groups is 2. The van der Waals surface area contributed by atoms with Crippen LogP contribution < -0.4 is 10.6 Å². The summed E-state index contributed by atoms with van der Waals surface area (Å²) in [7, 11) is 0. The number of amides is 2. The van der Waals surface area contributed by atoms with Crippen LogP contribution in [-0.2, 0) is 9.59 Å². The van der Waals surface area contributed by atoms with Gasteiger partial charge in [0, 0.05) is 23.6 Å². The van der Waals surface area contributed by atoms with E-state index in [9.17, 15) is 9.59 Å². The molecule has 2 N–H and O–H groups in total. The number of nitrogens with one attached hydrogen (secondary N) is 2. The lowest BCUT2D eigenvalue weighted by atomic mass is 10.0. The molecular formula is C20H20N4O2S. The van der Waals surface area contributed by atoms with Gasteiger partial charge in [-0.3, -0.25) is 9.59 Å². The third-order valence-electron chi connectivity index (χ3n) is 4.07. The van der Waals surface area contributed by atoms with Crippen molar-refractivity contribution in [1.29, 1.82) is 0 Å². The Morgan fingerprint density at radius 3 is 2.37 bits per heavy atom. The summed E-state index contributed by atoms with van der Waals surface area (Å²) in [6.45, 7) is 3.44. The summed E-state index contributed by atoms with van der Waals surface area (Å²) >= 11 is 1.29. The normalized spacial score (nSPS) is 11.6. The molecule has 3 rings (SSSR count). The second-order valence-electron chi connectivity index (χ2n) is 6.28. The van der Waals surface area contributed by atoms with Crippen molar-refractivity contribution in [2.75, 3.05) is 5.32 Å². The summed E-state index contributed by atoms with van der Waals surface area (Å²) in [5.74, 6) is -0.341. The van der Waals surface area contributed by atoms with Gasteiger partial charge >= 0.3 is 0 Å². The van der Waals surface area contributed by atoms with Crippen molar-refractivity contribution >= 4 is 29.0 Å². The Bertz CT molecular complexity index is 906. The molecule has 2 aromatic carbocycles. The minimum atomic E-state index is -0.372. The van der Waals surface area contributed by atoms with Crippen LogP contribution in [0, 0.1) is 6.92 Å². The van der Waals surface area contributed by atoms with Crippen molar-refractivity contribution in [1.82, 2.24) is 14.9 Å². The number of hydrogen-bond acceptors (Lipinski definition) is 5. The molecule has 0 saturated carbocycles. The van der Waals surface area contributed by atoms with Crippen molar-refractivity contribution in [2.45, 2.75) is 26.3 Å². The topological polar surface area (TPSA) is 84.0 Å². The smallest absolute Gasteiger partial charge is 0.226 e. The van der Waals surface area contributed by atoms with Crippen LogP contribution in [0.1, 0.15) is 30.5 Å². The second-order valence-corrected chi connectivity index (χ2v) is 6.89. The Morgan fingerprint density at radius 2 is 1.78 bits per heavy atom. The molecule has 0 aliphatic rings. The van der Waals surface area contributed by atoms with Crippen LogP contribution >= 0.6 is 11.5 Å². The van der Waals surface area contributed by atoms with Gasteiger partial charge in [-0.25, -0.2) is 0 Å². The first-order valence-corrected chi connectivity index (χ1v) is 9.36. The van der Waals surface area contributed by atoms with E-state index in [0.717, 1.165) is 22.4 Å². The van der Waals surface area contributed by atoms with Crippen LogP contribution in [0.3, 0.4) is 0 Å². The summed E-state index contributed by atoms with van der Waals surface area (Å²) in [6.07, 6.45) is 0.153. The fraction of sp³-hybridized carbons (Fsp3) is 0.200. The molecule has 0 saturated heterocycles. The molecule has 27 heavy (non-hydrogen) atoms. The fourth-order valence-electron chi connectivity index (χ4n) is 2.71. The Balaban J connectivity index is 1.66. The Labute approximate surface area is 161 Å². The summed E-state index contributed by atoms with van der Waals surface area (Å²) in [5.41, 5.74) is 4.47. The largest absolute Gasteiger partial charge is 0.349 e. The van der Waals surface area contributed by atoms with Crippen molar-refractivity contribution in [3.05, 3.63) is 65.0 Å². The molecule has 1 heterocycles. The molecule has 3 aromatic rings. The van der Waals surface area contributed by atoms with Crippen LogP contribution in [0.4, 0.5) is 5.69 Å². The molecule has 0 aliphatic heterocycles. The minimum absolute atomic E-state index is 0.153. The Kier molecular flexibility index (Phi) is 5.93. The molecule has 0 fully saturated rings. The predicted molar refractivity (Wildman–Crippen MR) is 106 cm³/mol. The molecule has 0 radical (unpaired) electrons. The fourth-order valence-corrected chi connectivity index (χ4v) is 3.17. The summed E-state index contributed by atoms with van der Waals surface area (Å²) in [6, 6.07) is 14.8. The highest BCUT2D eigenvalue weighted by atomic mass is 32.1. The summed E-state index contributed by atoms with van der Waals surface area (Å²) in [4.78, 5) is 24.0. The third-order valence-corrected chi connectivity index (χ3v) is 4.58. The average molecular weight is 380 g/mol.